The van der Waals surface area contributed by atoms with Crippen molar-refractivity contribution < 1.29 is 10.2 Å². The second kappa shape index (κ2) is 3.04. The molecule has 0 fully saturated rings. The SMILES string of the molecule is CCC(O)(O)n1nnc2ccccc21. The second-order valence-electron chi connectivity index (χ2n) is 3.12. The first-order valence-corrected chi connectivity index (χ1v) is 4.41. The summed E-state index contributed by atoms with van der Waals surface area (Å²) in [7, 11) is 0. The summed E-state index contributed by atoms with van der Waals surface area (Å²) in [6.45, 7) is 1.66. The zero-order valence-electron chi connectivity index (χ0n) is 7.75. The normalized spacial score (nSPS) is 12.2. The molecule has 1 heterocycles. The van der Waals surface area contributed by atoms with Crippen LogP contribution in [0.2, 0.25) is 0 Å². The van der Waals surface area contributed by atoms with Gasteiger partial charge in [0.05, 0.1) is 5.52 Å². The molecule has 0 unspecified atom stereocenters. The largest absolute Gasteiger partial charge is 0.347 e. The molecule has 0 saturated carbocycles. The van der Waals surface area contributed by atoms with Gasteiger partial charge in [-0.15, -0.1) is 5.10 Å². The van der Waals surface area contributed by atoms with Crippen LogP contribution in [0.5, 0.6) is 0 Å². The molecule has 0 aliphatic heterocycles. The molecule has 0 aliphatic carbocycles. The van der Waals surface area contributed by atoms with E-state index in [0.29, 0.717) is 11.0 Å². The predicted molar refractivity (Wildman–Crippen MR) is 50.2 cm³/mol. The van der Waals surface area contributed by atoms with Crippen LogP contribution in [0.15, 0.2) is 24.3 Å². The van der Waals surface area contributed by atoms with Crippen LogP contribution in [0.4, 0.5) is 0 Å². The van der Waals surface area contributed by atoms with Crippen molar-refractivity contribution in [3.63, 3.8) is 0 Å². The molecule has 0 atom stereocenters. The van der Waals surface area contributed by atoms with Gasteiger partial charge in [0, 0.05) is 6.42 Å². The average Bonchev–Trinajstić information content (AvgIpc) is 2.61. The molecule has 1 aromatic carbocycles. The number of aliphatic hydroxyl groups is 2. The summed E-state index contributed by atoms with van der Waals surface area (Å²) in [6.07, 6.45) is 0.153. The Labute approximate surface area is 80.6 Å². The van der Waals surface area contributed by atoms with Crippen LogP contribution in [0.1, 0.15) is 13.3 Å². The van der Waals surface area contributed by atoms with Gasteiger partial charge in [0.2, 0.25) is 0 Å². The number of fused-ring (bicyclic) bond motifs is 1. The van der Waals surface area contributed by atoms with Crippen molar-refractivity contribution in [2.75, 3.05) is 0 Å². The lowest BCUT2D eigenvalue weighted by Gasteiger charge is -2.19. The van der Waals surface area contributed by atoms with Crippen molar-refractivity contribution in [2.24, 2.45) is 0 Å². The van der Waals surface area contributed by atoms with Crippen LogP contribution in [-0.2, 0) is 5.91 Å². The maximum absolute atomic E-state index is 9.60. The van der Waals surface area contributed by atoms with E-state index in [1.54, 1.807) is 25.1 Å². The lowest BCUT2D eigenvalue weighted by Crippen LogP contribution is -2.33. The highest BCUT2D eigenvalue weighted by Gasteiger charge is 2.26. The molecule has 0 saturated heterocycles. The van der Waals surface area contributed by atoms with Crippen LogP contribution in [-0.4, -0.2) is 25.2 Å². The molecule has 2 aromatic rings. The third-order valence-electron chi connectivity index (χ3n) is 2.17. The smallest absolute Gasteiger partial charge is 0.267 e. The summed E-state index contributed by atoms with van der Waals surface area (Å²) in [5, 5.41) is 26.7. The maximum Gasteiger partial charge on any atom is 0.267 e. The number of benzene rings is 1. The van der Waals surface area contributed by atoms with Crippen molar-refractivity contribution in [3.05, 3.63) is 24.3 Å². The third-order valence-corrected chi connectivity index (χ3v) is 2.17. The first kappa shape index (κ1) is 9.11. The quantitative estimate of drug-likeness (QED) is 0.679. The van der Waals surface area contributed by atoms with E-state index in [2.05, 4.69) is 10.3 Å². The number of para-hydroxylation sites is 1. The molecular formula is C9H11N3O2. The zero-order chi connectivity index (χ0) is 10.2. The molecule has 74 valence electrons. The Morgan fingerprint density at radius 1 is 1.36 bits per heavy atom. The summed E-state index contributed by atoms with van der Waals surface area (Å²) in [5.41, 5.74) is 1.26. The Bertz CT molecular complexity index is 450. The summed E-state index contributed by atoms with van der Waals surface area (Å²) >= 11 is 0. The first-order chi connectivity index (χ1) is 6.65. The zero-order valence-corrected chi connectivity index (χ0v) is 7.75. The van der Waals surface area contributed by atoms with Gasteiger partial charge in [-0.1, -0.05) is 24.3 Å². The first-order valence-electron chi connectivity index (χ1n) is 4.41. The van der Waals surface area contributed by atoms with Gasteiger partial charge in [0.25, 0.3) is 5.91 Å². The molecule has 0 amide bonds. The molecule has 0 aliphatic rings. The summed E-state index contributed by atoms with van der Waals surface area (Å²) in [6, 6.07) is 7.13. The molecule has 5 heteroatoms. The van der Waals surface area contributed by atoms with Crippen LogP contribution in [0.25, 0.3) is 11.0 Å². The van der Waals surface area contributed by atoms with Gasteiger partial charge >= 0.3 is 0 Å². The number of hydrogen-bond acceptors (Lipinski definition) is 4. The topological polar surface area (TPSA) is 71.2 Å². The van der Waals surface area contributed by atoms with Crippen molar-refractivity contribution >= 4 is 11.0 Å². The van der Waals surface area contributed by atoms with E-state index >= 15 is 0 Å². The Morgan fingerprint density at radius 3 is 2.79 bits per heavy atom. The van der Waals surface area contributed by atoms with Crippen LogP contribution in [0.3, 0.4) is 0 Å². The van der Waals surface area contributed by atoms with Crippen molar-refractivity contribution in [1.29, 1.82) is 0 Å². The number of nitrogens with zero attached hydrogens (tertiary/aromatic N) is 3. The molecule has 14 heavy (non-hydrogen) atoms. The molecular weight excluding hydrogens is 182 g/mol. The summed E-state index contributed by atoms with van der Waals surface area (Å²) < 4.78 is 1.11. The van der Waals surface area contributed by atoms with Crippen molar-refractivity contribution in [2.45, 2.75) is 19.3 Å². The second-order valence-corrected chi connectivity index (χ2v) is 3.12. The van der Waals surface area contributed by atoms with E-state index in [9.17, 15) is 10.2 Å². The van der Waals surface area contributed by atoms with Crippen LogP contribution < -0.4 is 0 Å². The molecule has 2 N–H and O–H groups in total. The van der Waals surface area contributed by atoms with Gasteiger partial charge in [0.15, 0.2) is 0 Å². The van der Waals surface area contributed by atoms with Crippen molar-refractivity contribution in [1.82, 2.24) is 15.0 Å². The molecule has 2 rings (SSSR count). The predicted octanol–water partition coefficient (Wildman–Crippen LogP) is 0.436. The van der Waals surface area contributed by atoms with E-state index in [4.69, 9.17) is 0 Å². The van der Waals surface area contributed by atoms with E-state index < -0.39 is 5.91 Å². The van der Waals surface area contributed by atoms with Gasteiger partial charge in [-0.25, -0.2) is 0 Å². The standard InChI is InChI=1S/C9H11N3O2/c1-2-9(13,14)12-8-6-4-3-5-7(8)10-11-12/h3-6,13-14H,2H2,1H3. The molecule has 5 nitrogen and oxygen atoms in total. The number of rotatable bonds is 2. The Balaban J connectivity index is 2.64. The monoisotopic (exact) mass is 193 g/mol. The minimum atomic E-state index is -1.96. The molecule has 0 spiro atoms. The molecule has 0 radical (unpaired) electrons. The number of aromatic nitrogens is 3. The van der Waals surface area contributed by atoms with Crippen LogP contribution >= 0.6 is 0 Å². The van der Waals surface area contributed by atoms with Gasteiger partial charge in [-0.3, -0.25) is 0 Å². The van der Waals surface area contributed by atoms with Crippen LogP contribution in [0, 0.1) is 0 Å². The minimum absolute atomic E-state index is 0.153. The minimum Gasteiger partial charge on any atom is -0.347 e. The lowest BCUT2D eigenvalue weighted by molar-refractivity contribution is -0.235. The van der Waals surface area contributed by atoms with E-state index in [1.165, 1.54) is 0 Å². The Morgan fingerprint density at radius 2 is 2.07 bits per heavy atom. The van der Waals surface area contributed by atoms with E-state index in [-0.39, 0.29) is 6.42 Å². The van der Waals surface area contributed by atoms with Gasteiger partial charge in [-0.05, 0) is 12.1 Å². The Kier molecular flexibility index (Phi) is 1.98. The fraction of sp³-hybridized carbons (Fsp3) is 0.333. The van der Waals surface area contributed by atoms with Gasteiger partial charge in [-0.2, -0.15) is 4.68 Å². The molecule has 0 bridgehead atoms. The Hall–Kier alpha value is -1.46. The summed E-state index contributed by atoms with van der Waals surface area (Å²) in [4.78, 5) is 0. The van der Waals surface area contributed by atoms with Gasteiger partial charge in [0.1, 0.15) is 5.52 Å². The maximum atomic E-state index is 9.60. The van der Waals surface area contributed by atoms with Crippen molar-refractivity contribution in [3.8, 4) is 0 Å². The fourth-order valence-electron chi connectivity index (χ4n) is 1.28. The summed E-state index contributed by atoms with van der Waals surface area (Å²) in [5.74, 6) is -1.96. The number of hydrogen-bond donors (Lipinski definition) is 2. The molecule has 1 aromatic heterocycles. The average molecular weight is 193 g/mol. The van der Waals surface area contributed by atoms with E-state index in [1.807, 2.05) is 6.07 Å². The fourth-order valence-corrected chi connectivity index (χ4v) is 1.28. The highest BCUT2D eigenvalue weighted by atomic mass is 16.5. The van der Waals surface area contributed by atoms with Gasteiger partial charge < -0.3 is 10.2 Å². The lowest BCUT2D eigenvalue weighted by atomic mass is 10.3. The highest BCUT2D eigenvalue weighted by Crippen LogP contribution is 2.18. The van der Waals surface area contributed by atoms with E-state index in [0.717, 1.165) is 4.68 Å². The highest BCUT2D eigenvalue weighted by molar-refractivity contribution is 5.73. The third kappa shape index (κ3) is 1.26.